The van der Waals surface area contributed by atoms with Crippen LogP contribution in [0.5, 0.6) is 5.75 Å². The smallest absolute Gasteiger partial charge is 0.247 e. The van der Waals surface area contributed by atoms with Gasteiger partial charge in [-0.1, -0.05) is 42.5 Å². The first-order valence-electron chi connectivity index (χ1n) is 6.96. The third-order valence-electron chi connectivity index (χ3n) is 3.13. The normalized spacial score (nSPS) is 10.1. The summed E-state index contributed by atoms with van der Waals surface area (Å²) >= 11 is 0. The molecule has 0 atom stereocenters. The fourth-order valence-electron chi connectivity index (χ4n) is 2.04. The van der Waals surface area contributed by atoms with Crippen LogP contribution in [0.25, 0.3) is 0 Å². The van der Waals surface area contributed by atoms with Crippen molar-refractivity contribution in [3.05, 3.63) is 65.7 Å². The van der Waals surface area contributed by atoms with Gasteiger partial charge in [0.05, 0.1) is 13.0 Å². The molecule has 0 aliphatic rings. The molecule has 2 aromatic carbocycles. The standard InChI is InChI=1S/C17H19NO3/c19-17(18-20)13-15-8-10-16(11-9-15)21-12-4-7-14-5-2-1-3-6-14/h1-3,5-6,8-11,20H,4,7,12-13H2,(H,18,19). The minimum Gasteiger partial charge on any atom is -0.494 e. The Morgan fingerprint density at radius 1 is 1.00 bits per heavy atom. The summed E-state index contributed by atoms with van der Waals surface area (Å²) in [4.78, 5) is 11.0. The number of ether oxygens (including phenoxy) is 1. The van der Waals surface area contributed by atoms with Crippen LogP contribution in [0.4, 0.5) is 0 Å². The Bertz CT molecular complexity index is 552. The number of hydrogen-bond donors (Lipinski definition) is 2. The van der Waals surface area contributed by atoms with Crippen LogP contribution in [0.15, 0.2) is 54.6 Å². The lowest BCUT2D eigenvalue weighted by Gasteiger charge is -2.07. The van der Waals surface area contributed by atoms with E-state index in [1.165, 1.54) is 5.56 Å². The van der Waals surface area contributed by atoms with Crippen LogP contribution in [-0.4, -0.2) is 17.7 Å². The van der Waals surface area contributed by atoms with Crippen LogP contribution in [-0.2, 0) is 17.6 Å². The molecule has 0 spiro atoms. The molecule has 2 N–H and O–H groups in total. The zero-order valence-electron chi connectivity index (χ0n) is 11.8. The van der Waals surface area contributed by atoms with Crippen molar-refractivity contribution >= 4 is 5.91 Å². The molecule has 0 aliphatic heterocycles. The van der Waals surface area contributed by atoms with E-state index < -0.39 is 5.91 Å². The fourth-order valence-corrected chi connectivity index (χ4v) is 2.04. The number of amides is 1. The number of rotatable bonds is 7. The van der Waals surface area contributed by atoms with Crippen LogP contribution in [0.3, 0.4) is 0 Å². The number of hydrogen-bond acceptors (Lipinski definition) is 3. The van der Waals surface area contributed by atoms with E-state index in [0.29, 0.717) is 6.61 Å². The van der Waals surface area contributed by atoms with Crippen molar-refractivity contribution in [1.29, 1.82) is 0 Å². The summed E-state index contributed by atoms with van der Waals surface area (Å²) in [5.41, 5.74) is 3.76. The van der Waals surface area contributed by atoms with Crippen LogP contribution < -0.4 is 10.2 Å². The van der Waals surface area contributed by atoms with E-state index in [-0.39, 0.29) is 6.42 Å². The van der Waals surface area contributed by atoms with E-state index in [2.05, 4.69) is 12.1 Å². The zero-order chi connectivity index (χ0) is 14.9. The molecule has 0 saturated carbocycles. The fraction of sp³-hybridized carbons (Fsp3) is 0.235. The molecule has 1 amide bonds. The van der Waals surface area contributed by atoms with Crippen molar-refractivity contribution in [2.45, 2.75) is 19.3 Å². The maximum Gasteiger partial charge on any atom is 0.247 e. The van der Waals surface area contributed by atoms with Gasteiger partial charge in [0.15, 0.2) is 0 Å². The topological polar surface area (TPSA) is 58.6 Å². The van der Waals surface area contributed by atoms with Crippen molar-refractivity contribution in [3.63, 3.8) is 0 Å². The minimum atomic E-state index is -0.425. The summed E-state index contributed by atoms with van der Waals surface area (Å²) in [6.45, 7) is 0.658. The highest BCUT2D eigenvalue weighted by molar-refractivity contribution is 5.77. The number of aryl methyl sites for hydroxylation is 1. The van der Waals surface area contributed by atoms with E-state index in [1.807, 2.05) is 42.5 Å². The highest BCUT2D eigenvalue weighted by Crippen LogP contribution is 2.13. The molecule has 0 radical (unpaired) electrons. The summed E-state index contributed by atoms with van der Waals surface area (Å²) in [7, 11) is 0. The molecule has 2 rings (SSSR count). The second kappa shape index (κ2) is 8.07. The van der Waals surface area contributed by atoms with E-state index >= 15 is 0 Å². The average molecular weight is 285 g/mol. The van der Waals surface area contributed by atoms with Gasteiger partial charge in [0, 0.05) is 0 Å². The van der Waals surface area contributed by atoms with E-state index in [9.17, 15) is 4.79 Å². The molecule has 0 saturated heterocycles. The second-order valence-electron chi connectivity index (χ2n) is 4.79. The molecule has 21 heavy (non-hydrogen) atoms. The van der Waals surface area contributed by atoms with E-state index in [0.717, 1.165) is 24.2 Å². The minimum absolute atomic E-state index is 0.158. The van der Waals surface area contributed by atoms with Gasteiger partial charge in [-0.3, -0.25) is 10.0 Å². The Balaban J connectivity index is 1.72. The number of carbonyl (C=O) groups excluding carboxylic acids is 1. The first-order chi connectivity index (χ1) is 10.3. The van der Waals surface area contributed by atoms with Crippen LogP contribution in [0.1, 0.15) is 17.5 Å². The Morgan fingerprint density at radius 2 is 1.71 bits per heavy atom. The molecule has 0 fully saturated rings. The highest BCUT2D eigenvalue weighted by atomic mass is 16.5. The van der Waals surface area contributed by atoms with Gasteiger partial charge < -0.3 is 4.74 Å². The average Bonchev–Trinajstić information content (AvgIpc) is 2.54. The van der Waals surface area contributed by atoms with Crippen LogP contribution in [0, 0.1) is 0 Å². The maximum atomic E-state index is 11.0. The third-order valence-corrected chi connectivity index (χ3v) is 3.13. The van der Waals surface area contributed by atoms with Gasteiger partial charge in [0.25, 0.3) is 0 Å². The monoisotopic (exact) mass is 285 g/mol. The Morgan fingerprint density at radius 3 is 2.38 bits per heavy atom. The van der Waals surface area contributed by atoms with Gasteiger partial charge in [-0.2, -0.15) is 0 Å². The molecule has 4 heteroatoms. The first kappa shape index (κ1) is 15.1. The van der Waals surface area contributed by atoms with Crippen LogP contribution >= 0.6 is 0 Å². The SMILES string of the molecule is O=C(Cc1ccc(OCCCc2ccccc2)cc1)NO. The van der Waals surface area contributed by atoms with Crippen LogP contribution in [0.2, 0.25) is 0 Å². The summed E-state index contributed by atoms with van der Waals surface area (Å²) in [6.07, 6.45) is 2.11. The molecule has 0 heterocycles. The number of carbonyl (C=O) groups is 1. The predicted octanol–water partition coefficient (Wildman–Crippen LogP) is 2.75. The number of nitrogens with one attached hydrogen (secondary N) is 1. The van der Waals surface area contributed by atoms with Gasteiger partial charge in [0.1, 0.15) is 5.75 Å². The molecular weight excluding hydrogens is 266 g/mol. The Labute approximate surface area is 124 Å². The summed E-state index contributed by atoms with van der Waals surface area (Å²) < 4.78 is 5.66. The van der Waals surface area contributed by atoms with E-state index in [1.54, 1.807) is 5.48 Å². The molecule has 2 aromatic rings. The molecule has 0 unspecified atom stereocenters. The van der Waals surface area contributed by atoms with Gasteiger partial charge in [-0.25, -0.2) is 5.48 Å². The first-order valence-corrected chi connectivity index (χ1v) is 6.96. The second-order valence-corrected chi connectivity index (χ2v) is 4.79. The highest BCUT2D eigenvalue weighted by Gasteiger charge is 2.02. The lowest BCUT2D eigenvalue weighted by molar-refractivity contribution is -0.128. The van der Waals surface area contributed by atoms with Crippen molar-refractivity contribution in [2.24, 2.45) is 0 Å². The van der Waals surface area contributed by atoms with Crippen molar-refractivity contribution < 1.29 is 14.7 Å². The lowest BCUT2D eigenvalue weighted by Crippen LogP contribution is -2.20. The van der Waals surface area contributed by atoms with Gasteiger partial charge in [-0.05, 0) is 36.1 Å². The Kier molecular flexibility index (Phi) is 5.79. The zero-order valence-corrected chi connectivity index (χ0v) is 11.8. The largest absolute Gasteiger partial charge is 0.494 e. The molecule has 0 bridgehead atoms. The summed E-state index contributed by atoms with van der Waals surface area (Å²) in [6, 6.07) is 17.6. The molecular formula is C17H19NO3. The van der Waals surface area contributed by atoms with Gasteiger partial charge >= 0.3 is 0 Å². The van der Waals surface area contributed by atoms with Crippen molar-refractivity contribution in [2.75, 3.05) is 6.61 Å². The Hall–Kier alpha value is -2.33. The quantitative estimate of drug-likeness (QED) is 0.467. The molecule has 110 valence electrons. The predicted molar refractivity (Wildman–Crippen MR) is 80.3 cm³/mol. The number of benzene rings is 2. The molecule has 0 aromatic heterocycles. The maximum absolute atomic E-state index is 11.0. The third kappa shape index (κ3) is 5.28. The lowest BCUT2D eigenvalue weighted by atomic mass is 10.1. The van der Waals surface area contributed by atoms with Crippen molar-refractivity contribution in [1.82, 2.24) is 5.48 Å². The van der Waals surface area contributed by atoms with E-state index in [4.69, 9.17) is 9.94 Å². The number of hydroxylamine groups is 1. The molecule has 4 nitrogen and oxygen atoms in total. The summed E-state index contributed by atoms with van der Waals surface area (Å²) in [5, 5.41) is 8.46. The van der Waals surface area contributed by atoms with Gasteiger partial charge in [-0.15, -0.1) is 0 Å². The van der Waals surface area contributed by atoms with Crippen molar-refractivity contribution in [3.8, 4) is 5.75 Å². The summed E-state index contributed by atoms with van der Waals surface area (Å²) in [5.74, 6) is 0.364. The van der Waals surface area contributed by atoms with Gasteiger partial charge in [0.2, 0.25) is 5.91 Å². The molecule has 0 aliphatic carbocycles.